The molecule has 0 aromatic heterocycles. The van der Waals surface area contributed by atoms with Crippen LogP contribution in [0.2, 0.25) is 0 Å². The van der Waals surface area contributed by atoms with E-state index in [0.29, 0.717) is 5.92 Å². The van der Waals surface area contributed by atoms with Crippen LogP contribution in [0.15, 0.2) is 40.3 Å². The fraction of sp³-hybridized carbons (Fsp3) is 0.556. The number of hydrazone groups is 1. The molecule has 1 aromatic carbocycles. The number of hydrogen-bond acceptors (Lipinski definition) is 4. The van der Waals surface area contributed by atoms with Crippen LogP contribution in [-0.2, 0) is 14.8 Å². The van der Waals surface area contributed by atoms with Crippen molar-refractivity contribution in [2.24, 2.45) is 16.9 Å². The van der Waals surface area contributed by atoms with Gasteiger partial charge in [0.1, 0.15) is 0 Å². The first-order valence-electron chi connectivity index (χ1n) is 8.93. The molecule has 6 nitrogen and oxygen atoms in total. The maximum absolute atomic E-state index is 12.1. The standard InChI is InChI=1S/C18H25N3O3S/c22-18(13-19-25(23,24)17-8-2-1-3-9-17)21-20-16-11-10-14-6-4-5-7-15(14)12-16/h1-3,8-9,14-15,19H,4-7,10-13H2,(H,21,22)/b20-16-/t14-,15+/m1/s1. The number of hydrogen-bond donors (Lipinski definition) is 2. The van der Waals surface area contributed by atoms with E-state index in [9.17, 15) is 13.2 Å². The minimum Gasteiger partial charge on any atom is -0.272 e. The van der Waals surface area contributed by atoms with E-state index in [1.165, 1.54) is 37.8 Å². The van der Waals surface area contributed by atoms with Gasteiger partial charge < -0.3 is 0 Å². The summed E-state index contributed by atoms with van der Waals surface area (Å²) in [6.07, 6.45) is 8.26. The van der Waals surface area contributed by atoms with Crippen molar-refractivity contribution in [3.05, 3.63) is 30.3 Å². The molecule has 25 heavy (non-hydrogen) atoms. The van der Waals surface area contributed by atoms with Crippen LogP contribution in [0.4, 0.5) is 0 Å². The van der Waals surface area contributed by atoms with Gasteiger partial charge in [0.25, 0.3) is 5.91 Å². The highest BCUT2D eigenvalue weighted by Gasteiger charge is 2.30. The molecular weight excluding hydrogens is 338 g/mol. The van der Waals surface area contributed by atoms with Crippen molar-refractivity contribution in [1.82, 2.24) is 10.1 Å². The first-order valence-corrected chi connectivity index (χ1v) is 10.4. The van der Waals surface area contributed by atoms with Gasteiger partial charge in [-0.25, -0.2) is 18.6 Å². The third kappa shape index (κ3) is 4.89. The third-order valence-electron chi connectivity index (χ3n) is 5.18. The Labute approximate surface area is 149 Å². The highest BCUT2D eigenvalue weighted by atomic mass is 32.2. The molecular formula is C18H25N3O3S. The molecule has 7 heteroatoms. The summed E-state index contributed by atoms with van der Waals surface area (Å²) in [5.41, 5.74) is 3.52. The fourth-order valence-corrected chi connectivity index (χ4v) is 4.82. The summed E-state index contributed by atoms with van der Waals surface area (Å²) in [4.78, 5) is 12.0. The Morgan fingerprint density at radius 1 is 1.08 bits per heavy atom. The Bertz CT molecular complexity index is 731. The summed E-state index contributed by atoms with van der Waals surface area (Å²) in [5, 5.41) is 4.23. The quantitative estimate of drug-likeness (QED) is 0.788. The summed E-state index contributed by atoms with van der Waals surface area (Å²) in [5.74, 6) is 1.08. The van der Waals surface area contributed by atoms with Gasteiger partial charge in [-0.1, -0.05) is 37.5 Å². The van der Waals surface area contributed by atoms with E-state index >= 15 is 0 Å². The first-order chi connectivity index (χ1) is 12.0. The Balaban J connectivity index is 1.48. The number of nitrogens with zero attached hydrogens (tertiary/aromatic N) is 1. The van der Waals surface area contributed by atoms with Gasteiger partial charge in [0.05, 0.1) is 11.4 Å². The molecule has 0 aliphatic heterocycles. The van der Waals surface area contributed by atoms with Crippen LogP contribution in [0.25, 0.3) is 0 Å². The molecule has 0 saturated heterocycles. The molecule has 3 rings (SSSR count). The topological polar surface area (TPSA) is 87.6 Å². The van der Waals surface area contributed by atoms with Crippen LogP contribution in [0.5, 0.6) is 0 Å². The molecule has 2 N–H and O–H groups in total. The van der Waals surface area contributed by atoms with Crippen LogP contribution < -0.4 is 10.1 Å². The second kappa shape index (κ2) is 8.10. The third-order valence-corrected chi connectivity index (χ3v) is 6.60. The van der Waals surface area contributed by atoms with Gasteiger partial charge in [-0.2, -0.15) is 5.10 Å². The summed E-state index contributed by atoms with van der Waals surface area (Å²) < 4.78 is 26.4. The van der Waals surface area contributed by atoms with Gasteiger partial charge in [0.2, 0.25) is 10.0 Å². The summed E-state index contributed by atoms with van der Waals surface area (Å²) in [6.45, 7) is -0.319. The normalized spacial score (nSPS) is 25.4. The fourth-order valence-electron chi connectivity index (χ4n) is 3.82. The van der Waals surface area contributed by atoms with Crippen molar-refractivity contribution in [3.8, 4) is 0 Å². The van der Waals surface area contributed by atoms with Crippen molar-refractivity contribution in [1.29, 1.82) is 0 Å². The Hall–Kier alpha value is -1.73. The minimum atomic E-state index is -3.67. The Morgan fingerprint density at radius 2 is 1.80 bits per heavy atom. The van der Waals surface area contributed by atoms with Crippen LogP contribution >= 0.6 is 0 Å². The summed E-state index contributed by atoms with van der Waals surface area (Å²) in [7, 11) is -3.67. The molecule has 0 radical (unpaired) electrons. The van der Waals surface area contributed by atoms with Gasteiger partial charge in [0, 0.05) is 5.71 Å². The van der Waals surface area contributed by atoms with Crippen molar-refractivity contribution in [2.45, 2.75) is 49.8 Å². The number of rotatable bonds is 5. The van der Waals surface area contributed by atoms with E-state index < -0.39 is 15.9 Å². The van der Waals surface area contributed by atoms with Crippen LogP contribution in [0.3, 0.4) is 0 Å². The van der Waals surface area contributed by atoms with E-state index in [1.54, 1.807) is 18.2 Å². The second-order valence-electron chi connectivity index (χ2n) is 6.90. The average molecular weight is 363 g/mol. The lowest BCUT2D eigenvalue weighted by Crippen LogP contribution is -2.36. The maximum Gasteiger partial charge on any atom is 0.255 e. The Morgan fingerprint density at radius 3 is 2.56 bits per heavy atom. The lowest BCUT2D eigenvalue weighted by atomic mass is 9.70. The van der Waals surface area contributed by atoms with E-state index in [2.05, 4.69) is 15.2 Å². The number of carbonyl (C=O) groups is 1. The molecule has 0 unspecified atom stereocenters. The zero-order valence-corrected chi connectivity index (χ0v) is 15.1. The zero-order valence-electron chi connectivity index (χ0n) is 14.3. The van der Waals surface area contributed by atoms with Crippen molar-refractivity contribution in [2.75, 3.05) is 6.54 Å². The second-order valence-corrected chi connectivity index (χ2v) is 8.66. The van der Waals surface area contributed by atoms with Crippen LogP contribution in [0.1, 0.15) is 44.9 Å². The van der Waals surface area contributed by atoms with Crippen molar-refractivity contribution < 1.29 is 13.2 Å². The highest BCUT2D eigenvalue weighted by molar-refractivity contribution is 7.89. The van der Waals surface area contributed by atoms with Crippen molar-refractivity contribution in [3.63, 3.8) is 0 Å². The number of carbonyl (C=O) groups excluding carboxylic acids is 1. The molecule has 0 spiro atoms. The van der Waals surface area contributed by atoms with E-state index in [4.69, 9.17) is 0 Å². The van der Waals surface area contributed by atoms with E-state index in [1.807, 2.05) is 0 Å². The molecule has 2 fully saturated rings. The molecule has 1 amide bonds. The van der Waals surface area contributed by atoms with Crippen LogP contribution in [-0.4, -0.2) is 26.6 Å². The smallest absolute Gasteiger partial charge is 0.255 e. The highest BCUT2D eigenvalue weighted by Crippen LogP contribution is 2.39. The molecule has 2 aliphatic carbocycles. The number of fused-ring (bicyclic) bond motifs is 1. The minimum absolute atomic E-state index is 0.143. The maximum atomic E-state index is 12.1. The average Bonchev–Trinajstić information content (AvgIpc) is 2.65. The number of amides is 1. The van der Waals surface area contributed by atoms with Gasteiger partial charge >= 0.3 is 0 Å². The predicted molar refractivity (Wildman–Crippen MR) is 96.5 cm³/mol. The lowest BCUT2D eigenvalue weighted by Gasteiger charge is -2.35. The Kier molecular flexibility index (Phi) is 5.86. The van der Waals surface area contributed by atoms with E-state index in [-0.39, 0.29) is 11.4 Å². The molecule has 136 valence electrons. The molecule has 0 heterocycles. The SMILES string of the molecule is O=C(CNS(=O)(=O)c1ccccc1)N/N=C1/CC[C@H]2CCCC[C@H]2C1. The number of nitrogens with one attached hydrogen (secondary N) is 2. The lowest BCUT2D eigenvalue weighted by molar-refractivity contribution is -0.119. The molecule has 0 bridgehead atoms. The molecule has 2 saturated carbocycles. The first kappa shape index (κ1) is 18.1. The van der Waals surface area contributed by atoms with Gasteiger partial charge in [-0.3, -0.25) is 4.79 Å². The molecule has 2 aliphatic rings. The largest absolute Gasteiger partial charge is 0.272 e. The van der Waals surface area contributed by atoms with Crippen molar-refractivity contribution >= 4 is 21.6 Å². The molecule has 1 aromatic rings. The van der Waals surface area contributed by atoms with Crippen LogP contribution in [0, 0.1) is 11.8 Å². The molecule has 2 atom stereocenters. The summed E-state index contributed by atoms with van der Waals surface area (Å²) >= 11 is 0. The summed E-state index contributed by atoms with van der Waals surface area (Å²) in [6, 6.07) is 8.00. The number of benzene rings is 1. The van der Waals surface area contributed by atoms with Gasteiger partial charge in [-0.15, -0.1) is 0 Å². The monoisotopic (exact) mass is 363 g/mol. The number of sulfonamides is 1. The van der Waals surface area contributed by atoms with Gasteiger partial charge in [-0.05, 0) is 49.7 Å². The van der Waals surface area contributed by atoms with E-state index in [0.717, 1.165) is 30.9 Å². The van der Waals surface area contributed by atoms with Gasteiger partial charge in [0.15, 0.2) is 0 Å². The predicted octanol–water partition coefficient (Wildman–Crippen LogP) is 2.43. The zero-order chi connectivity index (χ0) is 17.7.